The van der Waals surface area contributed by atoms with Gasteiger partial charge in [-0.2, -0.15) is 13.2 Å². The minimum absolute atomic E-state index is 0.140. The van der Waals surface area contributed by atoms with E-state index in [4.69, 9.17) is 0 Å². The highest BCUT2D eigenvalue weighted by molar-refractivity contribution is 7.15. The molecule has 0 radical (unpaired) electrons. The van der Waals surface area contributed by atoms with Gasteiger partial charge in [0.05, 0.1) is 11.3 Å². The Balaban J connectivity index is 1.68. The first-order chi connectivity index (χ1) is 13.8. The fraction of sp³-hybridized carbons (Fsp3) is 0.0500. The highest BCUT2D eigenvalue weighted by Crippen LogP contribution is 2.30. The van der Waals surface area contributed by atoms with Crippen molar-refractivity contribution in [3.05, 3.63) is 87.7 Å². The van der Waals surface area contributed by atoms with Crippen molar-refractivity contribution in [2.45, 2.75) is 6.18 Å². The molecule has 4 rings (SSSR count). The van der Waals surface area contributed by atoms with Crippen molar-refractivity contribution in [2.24, 2.45) is 0 Å². The van der Waals surface area contributed by atoms with Crippen molar-refractivity contribution in [3.63, 3.8) is 0 Å². The zero-order chi connectivity index (χ0) is 20.6. The molecule has 29 heavy (non-hydrogen) atoms. The number of nitrogens with one attached hydrogen (secondary N) is 1. The second-order valence-corrected chi connectivity index (χ2v) is 6.95. The lowest BCUT2D eigenvalue weighted by Crippen LogP contribution is -2.26. The van der Waals surface area contributed by atoms with E-state index in [-0.39, 0.29) is 11.3 Å². The predicted octanol–water partition coefficient (Wildman–Crippen LogP) is 4.69. The molecule has 2 aromatic carbocycles. The molecule has 1 N–H and O–H groups in total. The summed E-state index contributed by atoms with van der Waals surface area (Å²) >= 11 is 1.26. The topological polar surface area (TPSA) is 63.5 Å². The maximum Gasteiger partial charge on any atom is 0.416 e. The summed E-state index contributed by atoms with van der Waals surface area (Å²) in [7, 11) is 0. The molecular weight excluding hydrogens is 403 g/mol. The third-order valence-electron chi connectivity index (χ3n) is 4.23. The van der Waals surface area contributed by atoms with Crippen LogP contribution in [0.25, 0.3) is 16.2 Å². The molecule has 2 heterocycles. The Kier molecular flexibility index (Phi) is 4.67. The van der Waals surface area contributed by atoms with Gasteiger partial charge in [0.1, 0.15) is 5.56 Å². The first kappa shape index (κ1) is 18.9. The first-order valence-electron chi connectivity index (χ1n) is 8.38. The number of anilines is 1. The van der Waals surface area contributed by atoms with E-state index < -0.39 is 23.2 Å². The van der Waals surface area contributed by atoms with Crippen LogP contribution in [0.3, 0.4) is 0 Å². The first-order valence-corrected chi connectivity index (χ1v) is 9.26. The van der Waals surface area contributed by atoms with Crippen molar-refractivity contribution in [2.75, 3.05) is 5.32 Å². The van der Waals surface area contributed by atoms with Gasteiger partial charge in [-0.25, -0.2) is 4.98 Å². The molecule has 0 bridgehead atoms. The number of alkyl halides is 3. The second-order valence-electron chi connectivity index (χ2n) is 6.11. The van der Waals surface area contributed by atoms with E-state index in [1.54, 1.807) is 5.38 Å². The van der Waals surface area contributed by atoms with Crippen LogP contribution >= 0.6 is 11.3 Å². The Hall–Kier alpha value is -3.46. The summed E-state index contributed by atoms with van der Waals surface area (Å²) in [5.74, 6) is -0.748. The Labute approximate surface area is 166 Å². The molecule has 0 aliphatic carbocycles. The second kappa shape index (κ2) is 7.17. The van der Waals surface area contributed by atoms with Crippen molar-refractivity contribution >= 4 is 27.9 Å². The number of rotatable bonds is 3. The van der Waals surface area contributed by atoms with Gasteiger partial charge >= 0.3 is 6.18 Å². The normalized spacial score (nSPS) is 11.6. The van der Waals surface area contributed by atoms with Crippen LogP contribution in [0, 0.1) is 0 Å². The third-order valence-corrected chi connectivity index (χ3v) is 5.07. The van der Waals surface area contributed by atoms with Crippen LogP contribution < -0.4 is 10.9 Å². The molecule has 0 saturated heterocycles. The van der Waals surface area contributed by atoms with Crippen LogP contribution in [-0.4, -0.2) is 15.3 Å². The van der Waals surface area contributed by atoms with Gasteiger partial charge in [0, 0.05) is 17.3 Å². The van der Waals surface area contributed by atoms with Crippen LogP contribution in [0.1, 0.15) is 15.9 Å². The van der Waals surface area contributed by atoms with Crippen molar-refractivity contribution < 1.29 is 18.0 Å². The zero-order valence-corrected chi connectivity index (χ0v) is 15.4. The summed E-state index contributed by atoms with van der Waals surface area (Å²) in [6.45, 7) is 0. The summed E-state index contributed by atoms with van der Waals surface area (Å²) in [6, 6.07) is 13.2. The molecule has 0 aliphatic heterocycles. The van der Waals surface area contributed by atoms with E-state index in [1.165, 1.54) is 21.9 Å². The largest absolute Gasteiger partial charge is 0.416 e. The van der Waals surface area contributed by atoms with Crippen molar-refractivity contribution in [1.82, 2.24) is 9.38 Å². The number of carbonyl (C=O) groups excluding carboxylic acids is 1. The van der Waals surface area contributed by atoms with Gasteiger partial charge in [-0.1, -0.05) is 30.3 Å². The average molecular weight is 415 g/mol. The number of hydrogen-bond acceptors (Lipinski definition) is 4. The molecule has 4 aromatic rings. The molecule has 0 spiro atoms. The lowest BCUT2D eigenvalue weighted by Gasteiger charge is -2.09. The molecule has 0 saturated carbocycles. The van der Waals surface area contributed by atoms with Gasteiger partial charge < -0.3 is 5.32 Å². The fourth-order valence-corrected chi connectivity index (χ4v) is 3.66. The number of hydrogen-bond donors (Lipinski definition) is 1. The van der Waals surface area contributed by atoms with Gasteiger partial charge in [0.15, 0.2) is 4.96 Å². The maximum atomic E-state index is 12.9. The third kappa shape index (κ3) is 3.64. The van der Waals surface area contributed by atoms with Crippen LogP contribution in [0.2, 0.25) is 0 Å². The standard InChI is InChI=1S/C20H12F3N3O2S/c21-20(22,23)13-6-8-14(9-7-13)25-17(27)15-10-24-19-26(18(15)28)16(11-29-19)12-4-2-1-3-5-12/h1-11H,(H,25,27). The molecule has 146 valence electrons. The molecule has 0 atom stereocenters. The molecule has 0 fully saturated rings. The SMILES string of the molecule is O=C(Nc1ccc(C(F)(F)F)cc1)c1cnc2scc(-c3ccccc3)n2c1=O. The van der Waals surface area contributed by atoms with Crippen LogP contribution in [-0.2, 0) is 6.18 Å². The predicted molar refractivity (Wildman–Crippen MR) is 104 cm³/mol. The number of benzene rings is 2. The lowest BCUT2D eigenvalue weighted by molar-refractivity contribution is -0.137. The maximum absolute atomic E-state index is 12.9. The Bertz CT molecular complexity index is 1250. The van der Waals surface area contributed by atoms with E-state index in [2.05, 4.69) is 10.3 Å². The molecule has 0 aliphatic rings. The smallest absolute Gasteiger partial charge is 0.322 e. The number of carbonyl (C=O) groups is 1. The molecule has 2 aromatic heterocycles. The number of halogens is 3. The zero-order valence-electron chi connectivity index (χ0n) is 14.6. The molecule has 9 heteroatoms. The number of thiazole rings is 1. The van der Waals surface area contributed by atoms with E-state index >= 15 is 0 Å². The van der Waals surface area contributed by atoms with Crippen LogP contribution in [0.15, 0.2) is 71.0 Å². The lowest BCUT2D eigenvalue weighted by atomic mass is 10.2. The molecule has 5 nitrogen and oxygen atoms in total. The fourth-order valence-electron chi connectivity index (χ4n) is 2.80. The van der Waals surface area contributed by atoms with E-state index in [9.17, 15) is 22.8 Å². The minimum Gasteiger partial charge on any atom is -0.322 e. The van der Waals surface area contributed by atoms with E-state index in [0.717, 1.165) is 29.8 Å². The van der Waals surface area contributed by atoms with E-state index in [0.29, 0.717) is 10.7 Å². The summed E-state index contributed by atoms with van der Waals surface area (Å²) in [4.78, 5) is 30.1. The Morgan fingerprint density at radius 3 is 2.38 bits per heavy atom. The summed E-state index contributed by atoms with van der Waals surface area (Å²) in [6.07, 6.45) is -3.30. The number of nitrogens with zero attached hydrogens (tertiary/aromatic N) is 2. The van der Waals surface area contributed by atoms with E-state index in [1.807, 2.05) is 30.3 Å². The number of fused-ring (bicyclic) bond motifs is 1. The molecular formula is C20H12F3N3O2S. The van der Waals surface area contributed by atoms with Crippen LogP contribution in [0.5, 0.6) is 0 Å². The van der Waals surface area contributed by atoms with Crippen molar-refractivity contribution in [1.29, 1.82) is 0 Å². The monoisotopic (exact) mass is 415 g/mol. The number of amides is 1. The summed E-state index contributed by atoms with van der Waals surface area (Å²) in [5, 5.41) is 4.21. The van der Waals surface area contributed by atoms with Gasteiger partial charge in [-0.15, -0.1) is 11.3 Å². The molecule has 0 unspecified atom stereocenters. The Morgan fingerprint density at radius 1 is 1.03 bits per heavy atom. The highest BCUT2D eigenvalue weighted by Gasteiger charge is 2.30. The summed E-state index contributed by atoms with van der Waals surface area (Å²) < 4.78 is 39.3. The van der Waals surface area contributed by atoms with Gasteiger partial charge in [0.2, 0.25) is 0 Å². The number of aromatic nitrogens is 2. The van der Waals surface area contributed by atoms with Gasteiger partial charge in [0.25, 0.3) is 11.5 Å². The minimum atomic E-state index is -4.47. The Morgan fingerprint density at radius 2 is 1.72 bits per heavy atom. The van der Waals surface area contributed by atoms with Crippen LogP contribution in [0.4, 0.5) is 18.9 Å². The average Bonchev–Trinajstić information content (AvgIpc) is 3.13. The van der Waals surface area contributed by atoms with Gasteiger partial charge in [-0.3, -0.25) is 14.0 Å². The van der Waals surface area contributed by atoms with Gasteiger partial charge in [-0.05, 0) is 29.8 Å². The summed E-state index contributed by atoms with van der Waals surface area (Å²) in [5.41, 5.74) is -0.0572. The molecule has 1 amide bonds. The quantitative estimate of drug-likeness (QED) is 0.528. The highest BCUT2D eigenvalue weighted by atomic mass is 32.1. The van der Waals surface area contributed by atoms with Crippen molar-refractivity contribution in [3.8, 4) is 11.3 Å².